The van der Waals surface area contributed by atoms with Gasteiger partial charge in [-0.3, -0.25) is 0 Å². The molecule has 4 rings (SSSR count). The summed E-state index contributed by atoms with van der Waals surface area (Å²) >= 11 is 3.51. The fourth-order valence-electron chi connectivity index (χ4n) is 3.29. The molecule has 0 saturated heterocycles. The molecule has 0 fully saturated rings. The highest BCUT2D eigenvalue weighted by Gasteiger charge is 2.29. The number of methoxy groups -OCH3 is 1. The second-order valence-electron chi connectivity index (χ2n) is 6.14. The second kappa shape index (κ2) is 7.40. The molecule has 2 aromatic heterocycles. The zero-order valence-electron chi connectivity index (χ0n) is 14.8. The lowest BCUT2D eigenvalue weighted by atomic mass is 9.95. The largest absolute Gasteiger partial charge is 0.481 e. The van der Waals surface area contributed by atoms with E-state index in [1.165, 1.54) is 12.5 Å². The fraction of sp³-hybridized carbons (Fsp3) is 0.100. The first-order chi connectivity index (χ1) is 13.6. The number of pyridine rings is 1. The Morgan fingerprint density at radius 2 is 1.96 bits per heavy atom. The van der Waals surface area contributed by atoms with Crippen LogP contribution < -0.4 is 4.74 Å². The van der Waals surface area contributed by atoms with Gasteiger partial charge in [0.05, 0.1) is 12.6 Å². The first-order valence-corrected chi connectivity index (χ1v) is 9.23. The van der Waals surface area contributed by atoms with Crippen LogP contribution in [0.5, 0.6) is 5.88 Å². The third-order valence-electron chi connectivity index (χ3n) is 4.51. The summed E-state index contributed by atoms with van der Waals surface area (Å²) in [5.74, 6) is 0.348. The van der Waals surface area contributed by atoms with E-state index in [4.69, 9.17) is 4.74 Å². The molecule has 8 heteroatoms. The summed E-state index contributed by atoms with van der Waals surface area (Å²) < 4.78 is 7.84. The molecule has 0 N–H and O–H groups in total. The average Bonchev–Trinajstić information content (AvgIpc) is 3.19. The monoisotopic (exact) mass is 438 g/mol. The van der Waals surface area contributed by atoms with Gasteiger partial charge >= 0.3 is 5.82 Å². The summed E-state index contributed by atoms with van der Waals surface area (Å²) in [7, 11) is 1.55. The molecule has 7 nitrogen and oxygen atoms in total. The van der Waals surface area contributed by atoms with Crippen LogP contribution in [0.25, 0.3) is 10.9 Å². The number of benzene rings is 2. The molecule has 0 bridgehead atoms. The molecule has 4 aromatic rings. The van der Waals surface area contributed by atoms with Crippen molar-refractivity contribution in [3.63, 3.8) is 0 Å². The Hall–Kier alpha value is -3.26. The molecule has 0 radical (unpaired) electrons. The van der Waals surface area contributed by atoms with Gasteiger partial charge in [0.25, 0.3) is 0 Å². The highest BCUT2D eigenvalue weighted by atomic mass is 79.9. The third kappa shape index (κ3) is 3.22. The minimum absolute atomic E-state index is 0.0900. The summed E-state index contributed by atoms with van der Waals surface area (Å²) in [6.07, 6.45) is 2.74. The van der Waals surface area contributed by atoms with Gasteiger partial charge in [-0.1, -0.05) is 46.3 Å². The molecule has 1 atom stereocenters. The first-order valence-electron chi connectivity index (χ1n) is 8.44. The van der Waals surface area contributed by atoms with Gasteiger partial charge in [-0.25, -0.2) is 14.5 Å². The van der Waals surface area contributed by atoms with E-state index in [2.05, 4.69) is 25.9 Å². The van der Waals surface area contributed by atoms with Gasteiger partial charge in [-0.15, -0.1) is 0 Å². The molecular formula is C20H15BrN4O3. The lowest BCUT2D eigenvalue weighted by Gasteiger charge is -2.19. The highest BCUT2D eigenvalue weighted by Crippen LogP contribution is 2.36. The maximum absolute atomic E-state index is 11.6. The van der Waals surface area contributed by atoms with E-state index in [0.717, 1.165) is 26.5 Å². The number of hydrogen-bond donors (Lipinski definition) is 0. The van der Waals surface area contributed by atoms with Gasteiger partial charge in [-0.05, 0) is 23.1 Å². The van der Waals surface area contributed by atoms with E-state index in [1.807, 2.05) is 54.6 Å². The molecule has 1 unspecified atom stereocenters. The molecule has 0 aliphatic heterocycles. The van der Waals surface area contributed by atoms with E-state index < -0.39 is 11.0 Å². The van der Waals surface area contributed by atoms with Crippen molar-refractivity contribution in [3.8, 4) is 5.88 Å². The Kier molecular flexibility index (Phi) is 4.79. The zero-order chi connectivity index (χ0) is 19.7. The highest BCUT2D eigenvalue weighted by molar-refractivity contribution is 9.10. The minimum Gasteiger partial charge on any atom is -0.481 e. The third-order valence-corrected chi connectivity index (χ3v) is 5.00. The Labute approximate surface area is 168 Å². The van der Waals surface area contributed by atoms with Crippen molar-refractivity contribution in [2.75, 3.05) is 7.11 Å². The van der Waals surface area contributed by atoms with Crippen LogP contribution in [0.3, 0.4) is 0 Å². The number of ether oxygens (including phenoxy) is 1. The van der Waals surface area contributed by atoms with Gasteiger partial charge in [0.1, 0.15) is 6.20 Å². The summed E-state index contributed by atoms with van der Waals surface area (Å²) in [5.41, 5.74) is 2.45. The molecule has 0 amide bonds. The Bertz CT molecular complexity index is 1160. The molecule has 2 aromatic carbocycles. The summed E-state index contributed by atoms with van der Waals surface area (Å²) in [6.45, 7) is 0. The minimum atomic E-state index is -0.474. The number of aromatic nitrogens is 3. The van der Waals surface area contributed by atoms with E-state index in [9.17, 15) is 10.1 Å². The molecular weight excluding hydrogens is 424 g/mol. The van der Waals surface area contributed by atoms with Crippen molar-refractivity contribution >= 4 is 32.7 Å². The lowest BCUT2D eigenvalue weighted by Crippen LogP contribution is -2.14. The second-order valence-corrected chi connectivity index (χ2v) is 7.06. The van der Waals surface area contributed by atoms with Gasteiger partial charge in [-0.2, -0.15) is 0 Å². The standard InChI is InChI=1S/C20H15BrN4O3/c1-28-18-10-16(15-9-14(21)7-8-17(15)23-18)20(13-5-3-2-4-6-13)24-12-22-11-19(24)25(26)27/h2-12,20H,1H3. The quantitative estimate of drug-likeness (QED) is 0.331. The molecule has 0 aliphatic carbocycles. The van der Waals surface area contributed by atoms with Gasteiger partial charge in [0, 0.05) is 27.1 Å². The molecule has 140 valence electrons. The molecule has 0 saturated carbocycles. The number of nitro groups is 1. The Morgan fingerprint density at radius 3 is 2.68 bits per heavy atom. The SMILES string of the molecule is COc1cc(C(c2ccccc2)n2cncc2[N+](=O)[O-])c2cc(Br)ccc2n1. The number of halogens is 1. The molecule has 0 aliphatic rings. The predicted molar refractivity (Wildman–Crippen MR) is 109 cm³/mol. The maximum atomic E-state index is 11.6. The normalized spacial score (nSPS) is 12.1. The van der Waals surface area contributed by atoms with Crippen molar-refractivity contribution in [1.82, 2.24) is 14.5 Å². The van der Waals surface area contributed by atoms with Gasteiger partial charge in [0.2, 0.25) is 5.88 Å². The van der Waals surface area contributed by atoms with Crippen LogP contribution in [0.15, 0.2) is 71.6 Å². The summed E-state index contributed by atoms with van der Waals surface area (Å²) in [6, 6.07) is 16.7. The number of hydrogen-bond acceptors (Lipinski definition) is 5. The van der Waals surface area contributed by atoms with Crippen LogP contribution in [-0.2, 0) is 0 Å². The predicted octanol–water partition coefficient (Wildman–Crippen LogP) is 4.75. The smallest absolute Gasteiger partial charge is 0.343 e. The Morgan fingerprint density at radius 1 is 1.18 bits per heavy atom. The van der Waals surface area contributed by atoms with Crippen molar-refractivity contribution in [1.29, 1.82) is 0 Å². The molecule has 28 heavy (non-hydrogen) atoms. The summed E-state index contributed by atoms with van der Waals surface area (Å²) in [5, 5.41) is 12.5. The summed E-state index contributed by atoms with van der Waals surface area (Å²) in [4.78, 5) is 19.7. The van der Waals surface area contributed by atoms with Crippen LogP contribution in [-0.4, -0.2) is 26.6 Å². The number of fused-ring (bicyclic) bond motifs is 1. The fourth-order valence-corrected chi connectivity index (χ4v) is 3.65. The topological polar surface area (TPSA) is 83.1 Å². The van der Waals surface area contributed by atoms with Gasteiger partial charge in [0.15, 0.2) is 12.4 Å². The number of nitrogens with zero attached hydrogens (tertiary/aromatic N) is 4. The lowest BCUT2D eigenvalue weighted by molar-refractivity contribution is -0.392. The molecule has 0 spiro atoms. The van der Waals surface area contributed by atoms with Crippen LogP contribution >= 0.6 is 15.9 Å². The van der Waals surface area contributed by atoms with Crippen LogP contribution in [0.2, 0.25) is 0 Å². The Balaban J connectivity index is 2.06. The average molecular weight is 439 g/mol. The van der Waals surface area contributed by atoms with Crippen molar-refractivity contribution < 1.29 is 9.66 Å². The number of imidazole rings is 1. The maximum Gasteiger partial charge on any atom is 0.343 e. The number of rotatable bonds is 5. The zero-order valence-corrected chi connectivity index (χ0v) is 16.4. The van der Waals surface area contributed by atoms with Crippen molar-refractivity contribution in [3.05, 3.63) is 92.8 Å². The van der Waals surface area contributed by atoms with E-state index in [0.29, 0.717) is 5.88 Å². The van der Waals surface area contributed by atoms with Crippen LogP contribution in [0, 0.1) is 10.1 Å². The van der Waals surface area contributed by atoms with Crippen molar-refractivity contribution in [2.24, 2.45) is 0 Å². The van der Waals surface area contributed by atoms with E-state index >= 15 is 0 Å². The van der Waals surface area contributed by atoms with Crippen LogP contribution in [0.4, 0.5) is 5.82 Å². The first kappa shape index (κ1) is 18.1. The van der Waals surface area contributed by atoms with Gasteiger partial charge < -0.3 is 14.9 Å². The van der Waals surface area contributed by atoms with E-state index in [-0.39, 0.29) is 5.82 Å². The van der Waals surface area contributed by atoms with Crippen LogP contribution in [0.1, 0.15) is 17.2 Å². The van der Waals surface area contributed by atoms with E-state index in [1.54, 1.807) is 11.7 Å². The van der Waals surface area contributed by atoms with Crippen molar-refractivity contribution in [2.45, 2.75) is 6.04 Å². The molecule has 2 heterocycles.